The van der Waals surface area contributed by atoms with Crippen molar-refractivity contribution in [1.82, 2.24) is 15.3 Å². The van der Waals surface area contributed by atoms with Gasteiger partial charge in [-0.3, -0.25) is 4.79 Å². The van der Waals surface area contributed by atoms with Crippen molar-refractivity contribution in [2.75, 3.05) is 7.05 Å². The molecule has 1 aromatic rings. The molecule has 0 saturated heterocycles. The third kappa shape index (κ3) is 2.09. The van der Waals surface area contributed by atoms with Crippen molar-refractivity contribution in [3.05, 3.63) is 27.9 Å². The first kappa shape index (κ1) is 10.4. The van der Waals surface area contributed by atoms with Gasteiger partial charge in [0.1, 0.15) is 5.82 Å². The lowest BCUT2D eigenvalue weighted by Crippen LogP contribution is -2.16. The minimum absolute atomic E-state index is 0.0482. The molecule has 1 aromatic heterocycles. The number of H-pyrrole nitrogens is 1. The summed E-state index contributed by atoms with van der Waals surface area (Å²) in [5.74, 6) is 1.26. The van der Waals surface area contributed by atoms with Gasteiger partial charge in [0, 0.05) is 18.5 Å². The minimum atomic E-state index is -0.0482. The van der Waals surface area contributed by atoms with E-state index in [4.69, 9.17) is 0 Å². The smallest absolute Gasteiger partial charge is 0.251 e. The Labute approximate surface area is 89.1 Å². The zero-order valence-electron chi connectivity index (χ0n) is 9.42. The molecule has 82 valence electrons. The summed E-state index contributed by atoms with van der Waals surface area (Å²) in [5.41, 5.74) is 1.07. The Balaban J connectivity index is 2.29. The van der Waals surface area contributed by atoms with Gasteiger partial charge >= 0.3 is 0 Å². The first-order valence-electron chi connectivity index (χ1n) is 5.27. The van der Waals surface area contributed by atoms with Crippen LogP contribution in [0.2, 0.25) is 0 Å². The van der Waals surface area contributed by atoms with E-state index < -0.39 is 0 Å². The zero-order chi connectivity index (χ0) is 11.1. The van der Waals surface area contributed by atoms with Crippen LogP contribution in [0.3, 0.4) is 0 Å². The number of aromatic amines is 1. The second kappa shape index (κ2) is 3.45. The van der Waals surface area contributed by atoms with E-state index in [1.54, 1.807) is 6.07 Å². The lowest BCUT2D eigenvalue weighted by Gasteiger charge is -2.05. The van der Waals surface area contributed by atoms with E-state index in [0.29, 0.717) is 17.9 Å². The van der Waals surface area contributed by atoms with Crippen LogP contribution >= 0.6 is 0 Å². The van der Waals surface area contributed by atoms with Gasteiger partial charge in [0.25, 0.3) is 5.56 Å². The molecule has 15 heavy (non-hydrogen) atoms. The molecule has 1 heterocycles. The number of hydrogen-bond acceptors (Lipinski definition) is 3. The first-order valence-corrected chi connectivity index (χ1v) is 5.27. The highest BCUT2D eigenvalue weighted by atomic mass is 16.1. The predicted octanol–water partition coefficient (Wildman–Crippen LogP) is 1.00. The molecule has 0 amide bonds. The third-order valence-electron chi connectivity index (χ3n) is 3.01. The van der Waals surface area contributed by atoms with Crippen molar-refractivity contribution < 1.29 is 0 Å². The maximum atomic E-state index is 11.4. The molecule has 0 radical (unpaired) electrons. The molecule has 1 fully saturated rings. The highest BCUT2D eigenvalue weighted by Gasteiger charge is 2.48. The van der Waals surface area contributed by atoms with Crippen molar-refractivity contribution in [1.29, 1.82) is 0 Å². The summed E-state index contributed by atoms with van der Waals surface area (Å²) in [5, 5.41) is 3.00. The minimum Gasteiger partial charge on any atom is -0.314 e. The van der Waals surface area contributed by atoms with Gasteiger partial charge in [0.05, 0.1) is 5.69 Å². The molecular formula is C11H17N3O. The van der Waals surface area contributed by atoms with Crippen LogP contribution < -0.4 is 10.9 Å². The Morgan fingerprint density at radius 1 is 1.67 bits per heavy atom. The van der Waals surface area contributed by atoms with Crippen molar-refractivity contribution in [2.45, 2.75) is 32.7 Å². The van der Waals surface area contributed by atoms with Gasteiger partial charge in [-0.05, 0) is 18.9 Å². The predicted molar refractivity (Wildman–Crippen MR) is 58.8 cm³/mol. The van der Waals surface area contributed by atoms with Crippen LogP contribution in [0.5, 0.6) is 0 Å². The fourth-order valence-corrected chi connectivity index (χ4v) is 1.90. The summed E-state index contributed by atoms with van der Waals surface area (Å²) in [4.78, 5) is 18.7. The van der Waals surface area contributed by atoms with Crippen LogP contribution in [0.25, 0.3) is 0 Å². The van der Waals surface area contributed by atoms with Gasteiger partial charge in [-0.25, -0.2) is 4.98 Å². The highest BCUT2D eigenvalue weighted by molar-refractivity contribution is 5.17. The van der Waals surface area contributed by atoms with Crippen LogP contribution in [-0.4, -0.2) is 17.0 Å². The maximum absolute atomic E-state index is 11.4. The van der Waals surface area contributed by atoms with Crippen molar-refractivity contribution in [3.63, 3.8) is 0 Å². The molecule has 0 spiro atoms. The Kier molecular flexibility index (Phi) is 2.38. The second-order valence-corrected chi connectivity index (χ2v) is 4.90. The Hall–Kier alpha value is -1.16. The van der Waals surface area contributed by atoms with E-state index in [1.807, 2.05) is 7.05 Å². The molecule has 1 saturated carbocycles. The Bertz CT molecular complexity index is 422. The molecule has 4 nitrogen and oxygen atoms in total. The maximum Gasteiger partial charge on any atom is 0.251 e. The van der Waals surface area contributed by atoms with Crippen LogP contribution in [0.15, 0.2) is 10.9 Å². The number of rotatable bonds is 3. The molecule has 1 unspecified atom stereocenters. The molecule has 2 rings (SSSR count). The average Bonchev–Trinajstić information content (AvgIpc) is 2.75. The fraction of sp³-hybridized carbons (Fsp3) is 0.636. The number of hydrogen-bond donors (Lipinski definition) is 2. The molecule has 2 N–H and O–H groups in total. The summed E-state index contributed by atoms with van der Waals surface area (Å²) in [7, 11) is 1.85. The standard InChI is InChI=1S/C11H17N3O/c1-11(2)5-8(11)10-13-7(6-12-3)4-9(15)14-10/h4,8,12H,5-6H2,1-3H3,(H,13,14,15). The van der Waals surface area contributed by atoms with Gasteiger partial charge < -0.3 is 10.3 Å². The molecule has 0 bridgehead atoms. The largest absolute Gasteiger partial charge is 0.314 e. The molecule has 4 heteroatoms. The van der Waals surface area contributed by atoms with E-state index in [1.165, 1.54) is 0 Å². The van der Waals surface area contributed by atoms with Gasteiger partial charge in [0.2, 0.25) is 0 Å². The highest BCUT2D eigenvalue weighted by Crippen LogP contribution is 2.57. The Morgan fingerprint density at radius 2 is 2.33 bits per heavy atom. The lowest BCUT2D eigenvalue weighted by molar-refractivity contribution is 0.604. The Morgan fingerprint density at radius 3 is 2.87 bits per heavy atom. The normalized spacial score (nSPS) is 22.7. The van der Waals surface area contributed by atoms with E-state index in [0.717, 1.165) is 17.9 Å². The van der Waals surface area contributed by atoms with Gasteiger partial charge in [-0.1, -0.05) is 13.8 Å². The van der Waals surface area contributed by atoms with Gasteiger partial charge in [-0.2, -0.15) is 0 Å². The summed E-state index contributed by atoms with van der Waals surface area (Å²) in [6.07, 6.45) is 1.11. The van der Waals surface area contributed by atoms with Gasteiger partial charge in [0.15, 0.2) is 0 Å². The quantitative estimate of drug-likeness (QED) is 0.777. The number of nitrogens with zero attached hydrogens (tertiary/aromatic N) is 1. The monoisotopic (exact) mass is 207 g/mol. The molecule has 0 aliphatic heterocycles. The molecule has 1 aliphatic rings. The summed E-state index contributed by atoms with van der Waals surface area (Å²) < 4.78 is 0. The van der Waals surface area contributed by atoms with Crippen molar-refractivity contribution in [3.8, 4) is 0 Å². The molecule has 1 aliphatic carbocycles. The van der Waals surface area contributed by atoms with Crippen LogP contribution in [0, 0.1) is 5.41 Å². The second-order valence-electron chi connectivity index (χ2n) is 4.90. The number of nitrogens with one attached hydrogen (secondary N) is 2. The van der Waals surface area contributed by atoms with Crippen LogP contribution in [0.4, 0.5) is 0 Å². The van der Waals surface area contributed by atoms with Crippen LogP contribution in [-0.2, 0) is 6.54 Å². The van der Waals surface area contributed by atoms with Gasteiger partial charge in [-0.15, -0.1) is 0 Å². The topological polar surface area (TPSA) is 57.8 Å². The van der Waals surface area contributed by atoms with Crippen molar-refractivity contribution in [2.24, 2.45) is 5.41 Å². The molecule has 1 atom stereocenters. The summed E-state index contributed by atoms with van der Waals surface area (Å²) in [6, 6.07) is 1.55. The van der Waals surface area contributed by atoms with E-state index in [2.05, 4.69) is 29.1 Å². The SMILES string of the molecule is CNCc1cc(=O)[nH]c(C2CC2(C)C)n1. The van der Waals surface area contributed by atoms with E-state index >= 15 is 0 Å². The first-order chi connectivity index (χ1) is 7.03. The average molecular weight is 207 g/mol. The van der Waals surface area contributed by atoms with E-state index in [9.17, 15) is 4.79 Å². The summed E-state index contributed by atoms with van der Waals surface area (Å²) in [6.45, 7) is 5.04. The van der Waals surface area contributed by atoms with Crippen LogP contribution in [0.1, 0.15) is 37.7 Å². The number of aromatic nitrogens is 2. The molecule has 0 aromatic carbocycles. The van der Waals surface area contributed by atoms with E-state index in [-0.39, 0.29) is 5.56 Å². The summed E-state index contributed by atoms with van der Waals surface area (Å²) >= 11 is 0. The zero-order valence-corrected chi connectivity index (χ0v) is 9.42. The van der Waals surface area contributed by atoms with Crippen molar-refractivity contribution >= 4 is 0 Å². The third-order valence-corrected chi connectivity index (χ3v) is 3.01. The molecular weight excluding hydrogens is 190 g/mol. The lowest BCUT2D eigenvalue weighted by atomic mass is 10.1. The fourth-order valence-electron chi connectivity index (χ4n) is 1.90.